The average Bonchev–Trinajstić information content (AvgIpc) is 2.61. The number of rotatable bonds is 7. The lowest BCUT2D eigenvalue weighted by molar-refractivity contribution is -0.123. The van der Waals surface area contributed by atoms with Crippen LogP contribution < -0.4 is 14.9 Å². The van der Waals surface area contributed by atoms with Crippen LogP contribution in [0.5, 0.6) is 11.5 Å². The van der Waals surface area contributed by atoms with E-state index in [1.54, 1.807) is 13.3 Å². The number of hydrogen-bond acceptors (Lipinski definition) is 4. The first-order valence-electron chi connectivity index (χ1n) is 7.39. The average molecular weight is 312 g/mol. The van der Waals surface area contributed by atoms with Gasteiger partial charge in [-0.05, 0) is 53.9 Å². The van der Waals surface area contributed by atoms with E-state index >= 15 is 0 Å². The van der Waals surface area contributed by atoms with Crippen LogP contribution in [-0.4, -0.2) is 25.8 Å². The zero-order valence-electron chi connectivity index (χ0n) is 13.3. The fraction of sp³-hybridized carbons (Fsp3) is 0.222. The Morgan fingerprint density at radius 1 is 1.09 bits per heavy atom. The fourth-order valence-electron chi connectivity index (χ4n) is 1.87. The van der Waals surface area contributed by atoms with Crippen molar-refractivity contribution in [2.75, 3.05) is 13.7 Å². The summed E-state index contributed by atoms with van der Waals surface area (Å²) in [5, 5.41) is 3.89. The summed E-state index contributed by atoms with van der Waals surface area (Å²) in [5.74, 6) is 1.12. The molecule has 0 aliphatic heterocycles. The molecule has 1 amide bonds. The molecule has 0 heterocycles. The van der Waals surface area contributed by atoms with E-state index in [-0.39, 0.29) is 12.5 Å². The summed E-state index contributed by atoms with van der Waals surface area (Å²) in [4.78, 5) is 11.7. The molecule has 0 radical (unpaired) electrons. The third-order valence-corrected chi connectivity index (χ3v) is 3.22. The molecular weight excluding hydrogens is 292 g/mol. The summed E-state index contributed by atoms with van der Waals surface area (Å²) < 4.78 is 10.5. The molecule has 0 aliphatic carbocycles. The zero-order valence-corrected chi connectivity index (χ0v) is 13.3. The summed E-state index contributed by atoms with van der Waals surface area (Å²) >= 11 is 0. The van der Waals surface area contributed by atoms with Crippen molar-refractivity contribution in [3.63, 3.8) is 0 Å². The number of methoxy groups -OCH3 is 1. The Hall–Kier alpha value is -2.82. The van der Waals surface area contributed by atoms with Gasteiger partial charge in [0.25, 0.3) is 5.91 Å². The first kappa shape index (κ1) is 16.5. The Morgan fingerprint density at radius 3 is 2.35 bits per heavy atom. The second-order valence-electron chi connectivity index (χ2n) is 4.85. The van der Waals surface area contributed by atoms with Crippen LogP contribution in [0.4, 0.5) is 0 Å². The van der Waals surface area contributed by atoms with E-state index in [4.69, 9.17) is 9.47 Å². The zero-order chi connectivity index (χ0) is 16.5. The van der Waals surface area contributed by atoms with Crippen LogP contribution in [0, 0.1) is 0 Å². The van der Waals surface area contributed by atoms with E-state index < -0.39 is 0 Å². The highest BCUT2D eigenvalue weighted by Gasteiger charge is 2.01. The van der Waals surface area contributed by atoms with Gasteiger partial charge in [-0.1, -0.05) is 19.1 Å². The smallest absolute Gasteiger partial charge is 0.277 e. The van der Waals surface area contributed by atoms with Gasteiger partial charge in [0, 0.05) is 0 Å². The van der Waals surface area contributed by atoms with Gasteiger partial charge in [-0.3, -0.25) is 4.79 Å². The Kier molecular flexibility index (Phi) is 6.17. The van der Waals surface area contributed by atoms with Crippen molar-refractivity contribution in [3.05, 3.63) is 59.7 Å². The lowest BCUT2D eigenvalue weighted by atomic mass is 10.2. The Bertz CT molecular complexity index is 649. The maximum Gasteiger partial charge on any atom is 0.277 e. The molecule has 0 saturated heterocycles. The lowest BCUT2D eigenvalue weighted by Crippen LogP contribution is -2.24. The number of ether oxygens (including phenoxy) is 2. The number of amides is 1. The van der Waals surface area contributed by atoms with Gasteiger partial charge >= 0.3 is 0 Å². The summed E-state index contributed by atoms with van der Waals surface area (Å²) in [6.07, 6.45) is 2.54. The second kappa shape index (κ2) is 8.58. The quantitative estimate of drug-likeness (QED) is 0.632. The highest BCUT2D eigenvalue weighted by molar-refractivity contribution is 5.83. The summed E-state index contributed by atoms with van der Waals surface area (Å²) in [5.41, 5.74) is 4.52. The molecule has 1 N–H and O–H groups in total. The van der Waals surface area contributed by atoms with Crippen LogP contribution in [-0.2, 0) is 11.2 Å². The first-order chi connectivity index (χ1) is 11.2. The van der Waals surface area contributed by atoms with Crippen molar-refractivity contribution in [2.45, 2.75) is 13.3 Å². The number of hydrogen-bond donors (Lipinski definition) is 1. The molecule has 0 spiro atoms. The molecule has 0 aromatic heterocycles. The summed E-state index contributed by atoms with van der Waals surface area (Å²) in [6, 6.07) is 15.0. The molecule has 5 heteroatoms. The summed E-state index contributed by atoms with van der Waals surface area (Å²) in [7, 11) is 1.61. The molecule has 0 unspecified atom stereocenters. The van der Waals surface area contributed by atoms with Crippen LogP contribution in [0.3, 0.4) is 0 Å². The maximum atomic E-state index is 11.7. The Morgan fingerprint density at radius 2 is 1.74 bits per heavy atom. The first-order valence-corrected chi connectivity index (χ1v) is 7.39. The normalized spacial score (nSPS) is 10.5. The van der Waals surface area contributed by atoms with E-state index in [1.165, 1.54) is 5.56 Å². The molecule has 23 heavy (non-hydrogen) atoms. The van der Waals surface area contributed by atoms with Gasteiger partial charge in [0.1, 0.15) is 11.5 Å². The molecule has 0 bridgehead atoms. The third-order valence-electron chi connectivity index (χ3n) is 3.22. The standard InChI is InChI=1S/C18H20N2O3/c1-3-14-4-10-17(11-5-14)23-13-18(21)20-19-12-15-6-8-16(22-2)9-7-15/h4-12H,3,13H2,1-2H3,(H,20,21). The number of aryl methyl sites for hydroxylation is 1. The number of hydrazone groups is 1. The van der Waals surface area contributed by atoms with Gasteiger partial charge in [0.2, 0.25) is 0 Å². The highest BCUT2D eigenvalue weighted by atomic mass is 16.5. The molecule has 0 aliphatic rings. The van der Waals surface area contributed by atoms with Crippen LogP contribution in [0.25, 0.3) is 0 Å². The Balaban J connectivity index is 1.76. The molecule has 5 nitrogen and oxygen atoms in total. The predicted molar refractivity (Wildman–Crippen MR) is 90.0 cm³/mol. The van der Waals surface area contributed by atoms with Gasteiger partial charge in [-0.15, -0.1) is 0 Å². The Labute approximate surface area is 135 Å². The van der Waals surface area contributed by atoms with Gasteiger partial charge < -0.3 is 9.47 Å². The predicted octanol–water partition coefficient (Wildman–Crippen LogP) is 2.79. The van der Waals surface area contributed by atoms with Crippen LogP contribution in [0.2, 0.25) is 0 Å². The van der Waals surface area contributed by atoms with Crippen molar-refractivity contribution < 1.29 is 14.3 Å². The molecule has 0 saturated carbocycles. The maximum absolute atomic E-state index is 11.7. The topological polar surface area (TPSA) is 59.9 Å². The van der Waals surface area contributed by atoms with Crippen LogP contribution in [0.15, 0.2) is 53.6 Å². The number of nitrogens with zero attached hydrogens (tertiary/aromatic N) is 1. The van der Waals surface area contributed by atoms with E-state index in [0.717, 1.165) is 17.7 Å². The third kappa shape index (κ3) is 5.47. The molecule has 0 atom stereocenters. The van der Waals surface area contributed by atoms with Crippen molar-refractivity contribution in [3.8, 4) is 11.5 Å². The molecule has 2 aromatic carbocycles. The van der Waals surface area contributed by atoms with Gasteiger partial charge in [-0.2, -0.15) is 5.10 Å². The number of benzene rings is 2. The minimum absolute atomic E-state index is 0.0780. The number of nitrogens with one attached hydrogen (secondary N) is 1. The second-order valence-corrected chi connectivity index (χ2v) is 4.85. The monoisotopic (exact) mass is 312 g/mol. The lowest BCUT2D eigenvalue weighted by Gasteiger charge is -2.05. The molecule has 120 valence electrons. The minimum atomic E-state index is -0.311. The van der Waals surface area contributed by atoms with Gasteiger partial charge in [0.05, 0.1) is 13.3 Å². The largest absolute Gasteiger partial charge is 0.497 e. The van der Waals surface area contributed by atoms with Crippen molar-refractivity contribution in [1.82, 2.24) is 5.43 Å². The fourth-order valence-corrected chi connectivity index (χ4v) is 1.87. The van der Waals surface area contributed by atoms with E-state index in [1.807, 2.05) is 48.5 Å². The van der Waals surface area contributed by atoms with Gasteiger partial charge in [-0.25, -0.2) is 5.43 Å². The SMILES string of the molecule is CCc1ccc(OCC(=O)NN=Cc2ccc(OC)cc2)cc1. The van der Waals surface area contributed by atoms with E-state index in [9.17, 15) is 4.79 Å². The van der Waals surface area contributed by atoms with Crippen LogP contribution >= 0.6 is 0 Å². The van der Waals surface area contributed by atoms with Crippen molar-refractivity contribution in [2.24, 2.45) is 5.10 Å². The molecule has 2 aromatic rings. The number of carbonyl (C=O) groups is 1. The molecule has 0 fully saturated rings. The van der Waals surface area contributed by atoms with E-state index in [2.05, 4.69) is 17.5 Å². The van der Waals surface area contributed by atoms with Crippen LogP contribution in [0.1, 0.15) is 18.1 Å². The molecule has 2 rings (SSSR count). The van der Waals surface area contributed by atoms with E-state index in [0.29, 0.717) is 5.75 Å². The number of carbonyl (C=O) groups excluding carboxylic acids is 1. The molecular formula is C18H20N2O3. The summed E-state index contributed by atoms with van der Waals surface area (Å²) in [6.45, 7) is 2.01. The highest BCUT2D eigenvalue weighted by Crippen LogP contribution is 2.12. The van der Waals surface area contributed by atoms with Gasteiger partial charge in [0.15, 0.2) is 6.61 Å². The van der Waals surface area contributed by atoms with Crippen molar-refractivity contribution in [1.29, 1.82) is 0 Å². The van der Waals surface area contributed by atoms with Crippen molar-refractivity contribution >= 4 is 12.1 Å². The minimum Gasteiger partial charge on any atom is -0.497 e.